The van der Waals surface area contributed by atoms with Crippen LogP contribution in [0.15, 0.2) is 33.5 Å². The van der Waals surface area contributed by atoms with E-state index in [0.717, 1.165) is 6.92 Å². The monoisotopic (exact) mass is 415 g/mol. The third-order valence-corrected chi connectivity index (χ3v) is 6.69. The van der Waals surface area contributed by atoms with Crippen LogP contribution in [0, 0.1) is 0 Å². The van der Waals surface area contributed by atoms with Gasteiger partial charge in [-0.3, -0.25) is 9.59 Å². The van der Waals surface area contributed by atoms with Crippen LogP contribution in [0.3, 0.4) is 0 Å². The zero-order valence-electron chi connectivity index (χ0n) is 13.9. The van der Waals surface area contributed by atoms with Crippen LogP contribution in [-0.4, -0.2) is 35.7 Å². The van der Waals surface area contributed by atoms with Crippen molar-refractivity contribution in [3.8, 4) is 0 Å². The minimum Gasteiger partial charge on any atom is -0.374 e. The fraction of sp³-hybridized carbons (Fsp3) is 0.286. The van der Waals surface area contributed by atoms with E-state index in [9.17, 15) is 18.0 Å². The number of amides is 2. The largest absolute Gasteiger partial charge is 0.374 e. The van der Waals surface area contributed by atoms with Crippen molar-refractivity contribution in [3.05, 3.63) is 24.3 Å². The first kappa shape index (κ1) is 20.1. The minimum absolute atomic E-state index is 0.0727. The number of thioether (sulfide) groups is 1. The fourth-order valence-corrected chi connectivity index (χ4v) is 4.69. The van der Waals surface area contributed by atoms with Gasteiger partial charge < -0.3 is 11.1 Å². The molecule has 4 N–H and O–H groups in total. The SMILES string of the molecule is CCC(Sc1nnc(N)s1)C(=O)Nc1ccc(S(=O)(=O)NC(C)=O)cc1. The normalized spacial score (nSPS) is 12.4. The number of benzene rings is 1. The summed E-state index contributed by atoms with van der Waals surface area (Å²) in [5.74, 6) is -0.925. The summed E-state index contributed by atoms with van der Waals surface area (Å²) in [7, 11) is -3.91. The van der Waals surface area contributed by atoms with Gasteiger partial charge in [-0.15, -0.1) is 10.2 Å². The van der Waals surface area contributed by atoms with Crippen LogP contribution in [0.1, 0.15) is 20.3 Å². The summed E-state index contributed by atoms with van der Waals surface area (Å²) in [6.45, 7) is 2.98. The number of sulfonamides is 1. The maximum absolute atomic E-state index is 12.4. The van der Waals surface area contributed by atoms with Crippen LogP contribution in [0.2, 0.25) is 0 Å². The summed E-state index contributed by atoms with van der Waals surface area (Å²) in [6, 6.07) is 5.51. The van der Waals surface area contributed by atoms with E-state index in [2.05, 4.69) is 15.5 Å². The van der Waals surface area contributed by atoms with Gasteiger partial charge >= 0.3 is 0 Å². The Bertz CT molecular complexity index is 896. The molecule has 0 bridgehead atoms. The zero-order valence-corrected chi connectivity index (χ0v) is 16.4. The number of aromatic nitrogens is 2. The molecule has 1 aromatic carbocycles. The number of nitrogens with zero attached hydrogens (tertiary/aromatic N) is 2. The average Bonchev–Trinajstić information content (AvgIpc) is 2.97. The summed E-state index contributed by atoms with van der Waals surface area (Å²) in [4.78, 5) is 23.3. The Morgan fingerprint density at radius 2 is 1.92 bits per heavy atom. The molecule has 0 aliphatic rings. The summed E-state index contributed by atoms with van der Waals surface area (Å²) >= 11 is 2.46. The molecule has 2 rings (SSSR count). The van der Waals surface area contributed by atoms with Crippen molar-refractivity contribution in [3.63, 3.8) is 0 Å². The lowest BCUT2D eigenvalue weighted by atomic mass is 10.3. The molecule has 1 unspecified atom stereocenters. The summed E-state index contributed by atoms with van der Waals surface area (Å²) in [5.41, 5.74) is 5.97. The van der Waals surface area contributed by atoms with Gasteiger partial charge in [-0.25, -0.2) is 13.1 Å². The van der Waals surface area contributed by atoms with Gasteiger partial charge in [0.15, 0.2) is 4.34 Å². The first-order valence-corrected chi connectivity index (χ1v) is 10.6. The molecular weight excluding hydrogens is 398 g/mol. The lowest BCUT2D eigenvalue weighted by Gasteiger charge is -2.13. The third kappa shape index (κ3) is 5.41. The predicted octanol–water partition coefficient (Wildman–Crippen LogP) is 1.45. The molecule has 0 fully saturated rings. The third-order valence-electron chi connectivity index (χ3n) is 3.04. The van der Waals surface area contributed by atoms with Gasteiger partial charge in [-0.2, -0.15) is 0 Å². The number of hydrogen-bond donors (Lipinski definition) is 3. The maximum atomic E-state index is 12.4. The fourth-order valence-electron chi connectivity index (χ4n) is 1.90. The van der Waals surface area contributed by atoms with Gasteiger partial charge in [0.2, 0.25) is 16.9 Å². The molecule has 1 heterocycles. The van der Waals surface area contributed by atoms with Gasteiger partial charge in [0, 0.05) is 12.6 Å². The second-order valence-corrected chi connectivity index (χ2v) is 9.24. The van der Waals surface area contributed by atoms with E-state index in [1.54, 1.807) is 0 Å². The molecule has 12 heteroatoms. The highest BCUT2D eigenvalue weighted by Crippen LogP contribution is 2.30. The van der Waals surface area contributed by atoms with Gasteiger partial charge in [-0.05, 0) is 30.7 Å². The summed E-state index contributed by atoms with van der Waals surface area (Å²) < 4.78 is 26.3. The van der Waals surface area contributed by atoms with E-state index in [0.29, 0.717) is 21.6 Å². The van der Waals surface area contributed by atoms with E-state index in [-0.39, 0.29) is 10.8 Å². The average molecular weight is 416 g/mol. The van der Waals surface area contributed by atoms with Crippen molar-refractivity contribution in [2.24, 2.45) is 0 Å². The number of hydrogen-bond acceptors (Lipinski definition) is 9. The summed E-state index contributed by atoms with van der Waals surface area (Å²) in [6.07, 6.45) is 0.560. The molecule has 140 valence electrons. The number of nitrogens with two attached hydrogens (primary N) is 1. The highest BCUT2D eigenvalue weighted by molar-refractivity contribution is 8.02. The Hall–Kier alpha value is -2.18. The Kier molecular flexibility index (Phi) is 6.56. The van der Waals surface area contributed by atoms with Crippen LogP contribution >= 0.6 is 23.1 Å². The Balaban J connectivity index is 2.05. The first-order chi connectivity index (χ1) is 12.2. The van der Waals surface area contributed by atoms with Gasteiger partial charge in [0.25, 0.3) is 10.0 Å². The molecule has 0 spiro atoms. The number of carbonyl (C=O) groups excluding carboxylic acids is 2. The van der Waals surface area contributed by atoms with Crippen LogP contribution in [-0.2, 0) is 19.6 Å². The molecule has 0 saturated carbocycles. The van der Waals surface area contributed by atoms with E-state index in [1.165, 1.54) is 47.4 Å². The highest BCUT2D eigenvalue weighted by Gasteiger charge is 2.21. The Morgan fingerprint density at radius 1 is 1.27 bits per heavy atom. The molecule has 0 aliphatic heterocycles. The number of anilines is 2. The van der Waals surface area contributed by atoms with Crippen molar-refractivity contribution < 1.29 is 18.0 Å². The van der Waals surface area contributed by atoms with Crippen LogP contribution in [0.5, 0.6) is 0 Å². The number of carbonyl (C=O) groups is 2. The maximum Gasteiger partial charge on any atom is 0.264 e. The van der Waals surface area contributed by atoms with E-state index >= 15 is 0 Å². The highest BCUT2D eigenvalue weighted by atomic mass is 32.2. The van der Waals surface area contributed by atoms with Crippen LogP contribution < -0.4 is 15.8 Å². The van der Waals surface area contributed by atoms with Crippen molar-refractivity contribution >= 4 is 55.8 Å². The van der Waals surface area contributed by atoms with Crippen LogP contribution in [0.25, 0.3) is 0 Å². The van der Waals surface area contributed by atoms with E-state index in [1.807, 2.05) is 11.6 Å². The van der Waals surface area contributed by atoms with Crippen molar-refractivity contribution in [1.82, 2.24) is 14.9 Å². The minimum atomic E-state index is -3.91. The van der Waals surface area contributed by atoms with E-state index < -0.39 is 21.2 Å². The second kappa shape index (κ2) is 8.47. The standard InChI is InChI=1S/C14H17N5O4S3/c1-3-11(24-14-18-17-13(15)25-14)12(21)16-9-4-6-10(7-5-9)26(22,23)19-8(2)20/h4-7,11H,3H2,1-2H3,(H2,15,17)(H,16,21)(H,19,20). The molecule has 0 aliphatic carbocycles. The molecular formula is C14H17N5O4S3. The number of rotatable bonds is 7. The molecule has 26 heavy (non-hydrogen) atoms. The summed E-state index contributed by atoms with van der Waals surface area (Å²) in [5, 5.41) is 10.2. The molecule has 0 saturated heterocycles. The Labute approximate surface area is 158 Å². The molecule has 1 aromatic heterocycles. The smallest absolute Gasteiger partial charge is 0.264 e. The molecule has 2 aromatic rings. The predicted molar refractivity (Wildman–Crippen MR) is 100 cm³/mol. The second-order valence-electron chi connectivity index (χ2n) is 5.10. The van der Waals surface area contributed by atoms with Gasteiger partial charge in [0.1, 0.15) is 0 Å². The van der Waals surface area contributed by atoms with E-state index in [4.69, 9.17) is 5.73 Å². The van der Waals surface area contributed by atoms with Gasteiger partial charge in [0.05, 0.1) is 10.1 Å². The Morgan fingerprint density at radius 3 is 2.42 bits per heavy atom. The van der Waals surface area contributed by atoms with Crippen LogP contribution in [0.4, 0.5) is 10.8 Å². The van der Waals surface area contributed by atoms with Crippen molar-refractivity contribution in [2.45, 2.75) is 34.8 Å². The molecule has 1 atom stereocenters. The molecule has 2 amide bonds. The topological polar surface area (TPSA) is 144 Å². The van der Waals surface area contributed by atoms with Crippen molar-refractivity contribution in [1.29, 1.82) is 0 Å². The lowest BCUT2D eigenvalue weighted by molar-refractivity contribution is -0.117. The zero-order chi connectivity index (χ0) is 19.3. The van der Waals surface area contributed by atoms with Crippen molar-refractivity contribution in [2.75, 3.05) is 11.1 Å². The molecule has 9 nitrogen and oxygen atoms in total. The first-order valence-electron chi connectivity index (χ1n) is 7.41. The number of nitrogen functional groups attached to an aromatic ring is 1. The lowest BCUT2D eigenvalue weighted by Crippen LogP contribution is -2.28. The number of nitrogens with one attached hydrogen (secondary N) is 2. The molecule has 0 radical (unpaired) electrons. The van der Waals surface area contributed by atoms with Gasteiger partial charge in [-0.1, -0.05) is 30.0 Å². The quantitative estimate of drug-likeness (QED) is 0.576.